The molecule has 1 aromatic heterocycles. The summed E-state index contributed by atoms with van der Waals surface area (Å²) < 4.78 is 25.7. The monoisotopic (exact) mass is 221 g/mol. The van der Waals surface area contributed by atoms with Crippen LogP contribution in [-0.4, -0.2) is 9.97 Å². The van der Waals surface area contributed by atoms with Crippen molar-refractivity contribution in [3.8, 4) is 0 Å². The topological polar surface area (TPSA) is 37.8 Å². The maximum absolute atomic E-state index is 12.8. The molecule has 0 amide bonds. The number of halogens is 2. The van der Waals surface area contributed by atoms with Crippen LogP contribution in [0.25, 0.3) is 0 Å². The molecule has 2 aromatic rings. The largest absolute Gasteiger partial charge is 0.379 e. The molecule has 0 spiro atoms. The van der Waals surface area contributed by atoms with Gasteiger partial charge in [-0.2, -0.15) is 0 Å². The summed E-state index contributed by atoms with van der Waals surface area (Å²) in [6.45, 7) is 0.372. The van der Waals surface area contributed by atoms with Gasteiger partial charge in [0.2, 0.25) is 0 Å². The first-order chi connectivity index (χ1) is 7.74. The fraction of sp³-hybridized carbons (Fsp3) is 0.0909. The van der Waals surface area contributed by atoms with E-state index in [1.165, 1.54) is 12.1 Å². The lowest BCUT2D eigenvalue weighted by atomic mass is 10.3. The highest BCUT2D eigenvalue weighted by Gasteiger charge is 2.00. The molecule has 0 unspecified atom stereocenters. The molecule has 82 valence electrons. The molecule has 16 heavy (non-hydrogen) atoms. The molecule has 1 aromatic carbocycles. The van der Waals surface area contributed by atoms with E-state index in [1.807, 2.05) is 0 Å². The summed E-state index contributed by atoms with van der Waals surface area (Å²) in [6.07, 6.45) is 4.71. The van der Waals surface area contributed by atoms with Gasteiger partial charge in [-0.1, -0.05) is 0 Å². The molecule has 0 aliphatic rings. The summed E-state index contributed by atoms with van der Waals surface area (Å²) in [4.78, 5) is 7.91. The third-order valence-corrected chi connectivity index (χ3v) is 1.95. The Morgan fingerprint density at radius 2 is 1.81 bits per heavy atom. The third-order valence-electron chi connectivity index (χ3n) is 1.95. The first kappa shape index (κ1) is 10.5. The SMILES string of the molecule is Fc1cc(F)cc(NCc2cnccn2)c1. The maximum Gasteiger partial charge on any atom is 0.128 e. The lowest BCUT2D eigenvalue weighted by Gasteiger charge is -2.05. The summed E-state index contributed by atoms with van der Waals surface area (Å²) in [7, 11) is 0. The molecule has 0 atom stereocenters. The van der Waals surface area contributed by atoms with Crippen LogP contribution in [0.15, 0.2) is 36.8 Å². The zero-order chi connectivity index (χ0) is 11.4. The van der Waals surface area contributed by atoms with Crippen LogP contribution >= 0.6 is 0 Å². The first-order valence-electron chi connectivity index (χ1n) is 4.69. The number of nitrogens with one attached hydrogen (secondary N) is 1. The van der Waals surface area contributed by atoms with Gasteiger partial charge < -0.3 is 5.32 Å². The number of hydrogen-bond acceptors (Lipinski definition) is 3. The Labute approximate surface area is 91.2 Å². The van der Waals surface area contributed by atoms with Gasteiger partial charge in [-0.15, -0.1) is 0 Å². The van der Waals surface area contributed by atoms with Crippen LogP contribution in [0.2, 0.25) is 0 Å². The van der Waals surface area contributed by atoms with Crippen LogP contribution in [0.3, 0.4) is 0 Å². The van der Waals surface area contributed by atoms with Gasteiger partial charge in [0, 0.05) is 24.1 Å². The van der Waals surface area contributed by atoms with Gasteiger partial charge in [-0.25, -0.2) is 8.78 Å². The van der Waals surface area contributed by atoms with Crippen LogP contribution in [0.4, 0.5) is 14.5 Å². The quantitative estimate of drug-likeness (QED) is 0.864. The van der Waals surface area contributed by atoms with E-state index in [-0.39, 0.29) is 0 Å². The van der Waals surface area contributed by atoms with E-state index in [2.05, 4.69) is 15.3 Å². The summed E-state index contributed by atoms with van der Waals surface area (Å²) in [5.41, 5.74) is 1.08. The molecule has 0 aliphatic carbocycles. The Kier molecular flexibility index (Phi) is 3.05. The molecule has 0 saturated heterocycles. The van der Waals surface area contributed by atoms with Gasteiger partial charge in [-0.3, -0.25) is 9.97 Å². The van der Waals surface area contributed by atoms with Gasteiger partial charge in [-0.05, 0) is 12.1 Å². The molecule has 0 aliphatic heterocycles. The molecule has 1 N–H and O–H groups in total. The number of hydrogen-bond donors (Lipinski definition) is 1. The molecule has 0 radical (unpaired) electrons. The Hall–Kier alpha value is -2.04. The van der Waals surface area contributed by atoms with E-state index >= 15 is 0 Å². The molecule has 0 saturated carbocycles. The van der Waals surface area contributed by atoms with Gasteiger partial charge in [0.05, 0.1) is 18.4 Å². The third kappa shape index (κ3) is 2.73. The smallest absolute Gasteiger partial charge is 0.128 e. The van der Waals surface area contributed by atoms with Crippen molar-refractivity contribution in [2.24, 2.45) is 0 Å². The minimum Gasteiger partial charge on any atom is -0.379 e. The summed E-state index contributed by atoms with van der Waals surface area (Å²) >= 11 is 0. The molecule has 0 bridgehead atoms. The Balaban J connectivity index is 2.05. The molecule has 2 rings (SSSR count). The second kappa shape index (κ2) is 4.65. The second-order valence-corrected chi connectivity index (χ2v) is 3.21. The lowest BCUT2D eigenvalue weighted by Crippen LogP contribution is -2.02. The van der Waals surface area contributed by atoms with Crippen molar-refractivity contribution in [1.29, 1.82) is 0 Å². The van der Waals surface area contributed by atoms with Crippen molar-refractivity contribution in [2.45, 2.75) is 6.54 Å². The van der Waals surface area contributed by atoms with Crippen LogP contribution < -0.4 is 5.32 Å². The van der Waals surface area contributed by atoms with E-state index in [1.54, 1.807) is 18.6 Å². The molecule has 5 heteroatoms. The van der Waals surface area contributed by atoms with Crippen molar-refractivity contribution in [2.75, 3.05) is 5.32 Å². The summed E-state index contributed by atoms with van der Waals surface area (Å²) in [5, 5.41) is 2.86. The van der Waals surface area contributed by atoms with Crippen molar-refractivity contribution < 1.29 is 8.78 Å². The minimum absolute atomic E-state index is 0.372. The Morgan fingerprint density at radius 3 is 2.44 bits per heavy atom. The number of rotatable bonds is 3. The maximum atomic E-state index is 12.8. The fourth-order valence-electron chi connectivity index (χ4n) is 1.27. The predicted octanol–water partition coefficient (Wildman–Crippen LogP) is 2.37. The summed E-state index contributed by atoms with van der Waals surface area (Å²) in [6, 6.07) is 3.27. The average molecular weight is 221 g/mol. The molecular formula is C11H9F2N3. The number of nitrogens with zero attached hydrogens (tertiary/aromatic N) is 2. The van der Waals surface area contributed by atoms with E-state index in [0.29, 0.717) is 17.9 Å². The zero-order valence-corrected chi connectivity index (χ0v) is 8.32. The van der Waals surface area contributed by atoms with Crippen LogP contribution in [-0.2, 0) is 6.54 Å². The summed E-state index contributed by atoms with van der Waals surface area (Å²) in [5.74, 6) is -1.22. The van der Waals surface area contributed by atoms with Crippen LogP contribution in [0, 0.1) is 11.6 Å². The van der Waals surface area contributed by atoms with E-state index in [0.717, 1.165) is 6.07 Å². The molecule has 3 nitrogen and oxygen atoms in total. The number of anilines is 1. The Bertz CT molecular complexity index is 454. The first-order valence-corrected chi connectivity index (χ1v) is 4.69. The minimum atomic E-state index is -0.610. The van der Waals surface area contributed by atoms with Crippen molar-refractivity contribution >= 4 is 5.69 Å². The standard InChI is InChI=1S/C11H9F2N3/c12-8-3-9(13)5-10(4-8)16-7-11-6-14-1-2-15-11/h1-6,16H,7H2. The normalized spacial score (nSPS) is 10.1. The van der Waals surface area contributed by atoms with Crippen LogP contribution in [0.5, 0.6) is 0 Å². The fourth-order valence-corrected chi connectivity index (χ4v) is 1.27. The van der Waals surface area contributed by atoms with Gasteiger partial charge in [0.25, 0.3) is 0 Å². The van der Waals surface area contributed by atoms with Crippen molar-refractivity contribution in [3.05, 3.63) is 54.1 Å². The zero-order valence-electron chi connectivity index (χ0n) is 8.32. The number of aromatic nitrogens is 2. The average Bonchev–Trinajstić information content (AvgIpc) is 2.27. The lowest BCUT2D eigenvalue weighted by molar-refractivity contribution is 0.584. The van der Waals surface area contributed by atoms with Crippen molar-refractivity contribution in [3.63, 3.8) is 0 Å². The molecule has 1 heterocycles. The van der Waals surface area contributed by atoms with Gasteiger partial charge in [0.1, 0.15) is 11.6 Å². The molecule has 0 fully saturated rings. The van der Waals surface area contributed by atoms with E-state index in [4.69, 9.17) is 0 Å². The van der Waals surface area contributed by atoms with Gasteiger partial charge in [0.15, 0.2) is 0 Å². The predicted molar refractivity (Wildman–Crippen MR) is 55.7 cm³/mol. The highest BCUT2D eigenvalue weighted by atomic mass is 19.1. The van der Waals surface area contributed by atoms with E-state index < -0.39 is 11.6 Å². The Morgan fingerprint density at radius 1 is 1.06 bits per heavy atom. The highest BCUT2D eigenvalue weighted by Crippen LogP contribution is 2.13. The highest BCUT2D eigenvalue weighted by molar-refractivity contribution is 5.43. The number of benzene rings is 1. The van der Waals surface area contributed by atoms with Gasteiger partial charge >= 0.3 is 0 Å². The van der Waals surface area contributed by atoms with Crippen molar-refractivity contribution in [1.82, 2.24) is 9.97 Å². The van der Waals surface area contributed by atoms with E-state index in [9.17, 15) is 8.78 Å². The second-order valence-electron chi connectivity index (χ2n) is 3.21. The van der Waals surface area contributed by atoms with Crippen LogP contribution in [0.1, 0.15) is 5.69 Å². The molecular weight excluding hydrogens is 212 g/mol.